The van der Waals surface area contributed by atoms with Crippen molar-refractivity contribution in [1.82, 2.24) is 0 Å². The van der Waals surface area contributed by atoms with E-state index in [9.17, 15) is 9.46 Å². The normalized spacial score (nSPS) is 13.0. The van der Waals surface area contributed by atoms with E-state index in [0.717, 1.165) is 0 Å². The Morgan fingerprint density at radius 1 is 1.33 bits per heavy atom. The quantitative estimate of drug-likeness (QED) is 0.546. The zero-order chi connectivity index (χ0) is 8.27. The minimum absolute atomic E-state index is 0. The van der Waals surface area contributed by atoms with Crippen LogP contribution in [-0.2, 0) is 4.57 Å². The number of benzene rings is 1. The van der Waals surface area contributed by atoms with Crippen molar-refractivity contribution in [2.45, 2.75) is 5.85 Å². The molecule has 0 aromatic heterocycles. The molecule has 2 atom stereocenters. The Morgan fingerprint density at radius 2 is 1.83 bits per heavy atom. The van der Waals surface area contributed by atoms with E-state index in [-0.39, 0.29) is 29.6 Å². The predicted octanol–water partition coefficient (Wildman–Crippen LogP) is 0.399. The molecular formula is C7H7NaO3P. The van der Waals surface area contributed by atoms with Gasteiger partial charge in [0.2, 0.25) is 0 Å². The standard InChI is InChI=1S/C7H7O3P.Na/c8-7(11(9)10)6-4-2-1-3-5-6;/h1-5,7-8H;. The Morgan fingerprint density at radius 3 is 2.25 bits per heavy atom. The number of aliphatic hydroxyl groups excluding tert-OH is 1. The van der Waals surface area contributed by atoms with Crippen LogP contribution in [0.1, 0.15) is 11.4 Å². The number of hydrogen-bond acceptors (Lipinski definition) is 3. The molecule has 0 bridgehead atoms. The van der Waals surface area contributed by atoms with E-state index in [1.54, 1.807) is 30.3 Å². The topological polar surface area (TPSA) is 60.4 Å². The molecule has 0 fully saturated rings. The van der Waals surface area contributed by atoms with Crippen molar-refractivity contribution < 1.29 is 14.6 Å². The zero-order valence-electron chi connectivity index (χ0n) is 6.68. The van der Waals surface area contributed by atoms with Crippen LogP contribution in [0, 0.1) is 0 Å². The van der Waals surface area contributed by atoms with E-state index < -0.39 is 13.9 Å². The van der Waals surface area contributed by atoms with Gasteiger partial charge in [0.05, 0.1) is 0 Å². The minimum Gasteiger partial charge on any atom is -0.593 e. The van der Waals surface area contributed by atoms with Gasteiger partial charge in [0.1, 0.15) is 0 Å². The summed E-state index contributed by atoms with van der Waals surface area (Å²) in [6.07, 6.45) is 0. The molecule has 0 aliphatic carbocycles. The molecule has 0 saturated heterocycles. The predicted molar refractivity (Wildman–Crippen MR) is 44.8 cm³/mol. The van der Waals surface area contributed by atoms with Gasteiger partial charge in [-0.25, -0.2) is 0 Å². The molecule has 0 spiro atoms. The minimum atomic E-state index is -2.78. The van der Waals surface area contributed by atoms with Crippen molar-refractivity contribution in [3.8, 4) is 0 Å². The SMILES string of the molecule is O=[P+]([O-])C(O)c1ccccc1.[Na]. The fourth-order valence-electron chi connectivity index (χ4n) is 0.747. The Bertz CT molecular complexity index is 252. The molecule has 59 valence electrons. The summed E-state index contributed by atoms with van der Waals surface area (Å²) in [4.78, 5) is 10.3. The van der Waals surface area contributed by atoms with Gasteiger partial charge in [-0.3, -0.25) is 0 Å². The summed E-state index contributed by atoms with van der Waals surface area (Å²) in [5.74, 6) is -1.37. The number of hydrogen-bond donors (Lipinski definition) is 1. The summed E-state index contributed by atoms with van der Waals surface area (Å²) in [5.41, 5.74) is 0.406. The van der Waals surface area contributed by atoms with Crippen molar-refractivity contribution >= 4 is 37.6 Å². The van der Waals surface area contributed by atoms with Crippen LogP contribution >= 0.6 is 8.03 Å². The molecule has 1 N–H and O–H groups in total. The second kappa shape index (κ2) is 5.81. The second-order valence-electron chi connectivity index (χ2n) is 2.07. The van der Waals surface area contributed by atoms with Crippen LogP contribution in [-0.4, -0.2) is 34.7 Å². The molecule has 1 aromatic carbocycles. The average molecular weight is 193 g/mol. The maximum Gasteiger partial charge on any atom is 0.346 e. The van der Waals surface area contributed by atoms with Crippen molar-refractivity contribution in [3.63, 3.8) is 0 Å². The number of rotatable bonds is 2. The van der Waals surface area contributed by atoms with E-state index >= 15 is 0 Å². The van der Waals surface area contributed by atoms with Gasteiger partial charge in [-0.1, -0.05) is 34.9 Å². The van der Waals surface area contributed by atoms with Gasteiger partial charge < -0.3 is 10.00 Å². The molecule has 5 heteroatoms. The molecule has 0 amide bonds. The third-order valence-electron chi connectivity index (χ3n) is 1.30. The van der Waals surface area contributed by atoms with Crippen LogP contribution in [0.3, 0.4) is 0 Å². The molecule has 0 aliphatic heterocycles. The fraction of sp³-hybridized carbons (Fsp3) is 0.143. The first-order valence-corrected chi connectivity index (χ1v) is 4.33. The molecular weight excluding hydrogens is 186 g/mol. The third kappa shape index (κ3) is 3.31. The molecule has 1 radical (unpaired) electrons. The van der Waals surface area contributed by atoms with Crippen LogP contribution in [0.25, 0.3) is 0 Å². The summed E-state index contributed by atoms with van der Waals surface area (Å²) in [6.45, 7) is 0. The van der Waals surface area contributed by atoms with Gasteiger partial charge in [0.15, 0.2) is 0 Å². The Balaban J connectivity index is 0.00000121. The first kappa shape index (κ1) is 12.2. The van der Waals surface area contributed by atoms with Crippen LogP contribution in [0.5, 0.6) is 0 Å². The summed E-state index contributed by atoms with van der Waals surface area (Å²) in [7, 11) is -2.78. The van der Waals surface area contributed by atoms with Gasteiger partial charge in [0.25, 0.3) is 5.85 Å². The van der Waals surface area contributed by atoms with Crippen molar-refractivity contribution in [3.05, 3.63) is 35.9 Å². The van der Waals surface area contributed by atoms with Gasteiger partial charge in [-0.2, -0.15) is 0 Å². The monoisotopic (exact) mass is 193 g/mol. The summed E-state index contributed by atoms with van der Waals surface area (Å²) in [6, 6.07) is 8.24. The van der Waals surface area contributed by atoms with Crippen LogP contribution < -0.4 is 4.89 Å². The maximum absolute atomic E-state index is 10.3. The van der Waals surface area contributed by atoms with E-state index in [4.69, 9.17) is 5.11 Å². The van der Waals surface area contributed by atoms with Crippen molar-refractivity contribution in [1.29, 1.82) is 0 Å². The third-order valence-corrected chi connectivity index (χ3v) is 1.99. The molecule has 1 rings (SSSR count). The van der Waals surface area contributed by atoms with Crippen LogP contribution in [0.15, 0.2) is 30.3 Å². The second-order valence-corrected chi connectivity index (χ2v) is 3.13. The van der Waals surface area contributed by atoms with Crippen LogP contribution in [0.2, 0.25) is 0 Å². The Kier molecular flexibility index (Phi) is 5.93. The van der Waals surface area contributed by atoms with Crippen molar-refractivity contribution in [2.24, 2.45) is 0 Å². The maximum atomic E-state index is 10.3. The van der Waals surface area contributed by atoms with E-state index in [2.05, 4.69) is 0 Å². The summed E-state index contributed by atoms with van der Waals surface area (Å²) in [5, 5.41) is 9.00. The first-order chi connectivity index (χ1) is 5.22. The van der Waals surface area contributed by atoms with E-state index in [1.807, 2.05) is 0 Å². The molecule has 12 heavy (non-hydrogen) atoms. The molecule has 0 heterocycles. The Hall–Kier alpha value is 0.240. The zero-order valence-corrected chi connectivity index (χ0v) is 9.57. The van der Waals surface area contributed by atoms with Gasteiger partial charge >= 0.3 is 8.03 Å². The van der Waals surface area contributed by atoms with E-state index in [0.29, 0.717) is 5.56 Å². The summed E-state index contributed by atoms with van der Waals surface area (Å²) >= 11 is 0. The molecule has 2 unspecified atom stereocenters. The van der Waals surface area contributed by atoms with E-state index in [1.165, 1.54) is 0 Å². The molecule has 0 aliphatic rings. The molecule has 0 saturated carbocycles. The molecule has 3 nitrogen and oxygen atoms in total. The number of aliphatic hydroxyl groups is 1. The van der Waals surface area contributed by atoms with Gasteiger partial charge in [-0.05, 0) is 0 Å². The largest absolute Gasteiger partial charge is 0.593 e. The average Bonchev–Trinajstić information content (AvgIpc) is 2.05. The first-order valence-electron chi connectivity index (χ1n) is 3.08. The van der Waals surface area contributed by atoms with Crippen molar-refractivity contribution in [2.75, 3.05) is 0 Å². The fourth-order valence-corrected chi connectivity index (χ4v) is 1.16. The summed E-state index contributed by atoms with van der Waals surface area (Å²) < 4.78 is 10.3. The smallest absolute Gasteiger partial charge is 0.346 e. The van der Waals surface area contributed by atoms with Gasteiger partial charge in [0, 0.05) is 35.1 Å². The van der Waals surface area contributed by atoms with Crippen LogP contribution in [0.4, 0.5) is 0 Å². The Labute approximate surface area is 93.6 Å². The molecule has 1 aromatic rings. The van der Waals surface area contributed by atoms with Gasteiger partial charge in [-0.15, -0.1) is 0 Å².